The smallest absolute Gasteiger partial charge is 0.282 e. The SMILES string of the molecule is COc1cc([N+](=O)[O-])ccc1NC(=O)[C@@H](C)[NH+]1CCC[C@@H]1c1cccs1. The Balaban J connectivity index is 1.74. The number of nitrogens with one attached hydrogen (secondary N) is 2. The first-order chi connectivity index (χ1) is 12.5. The fourth-order valence-corrected chi connectivity index (χ4v) is 4.41. The second kappa shape index (κ2) is 7.84. The lowest BCUT2D eigenvalue weighted by atomic mass is 10.1. The maximum atomic E-state index is 12.8. The number of nitrogens with zero attached hydrogens (tertiary/aromatic N) is 1. The van der Waals surface area contributed by atoms with Crippen LogP contribution in [0.4, 0.5) is 11.4 Å². The van der Waals surface area contributed by atoms with Gasteiger partial charge in [0, 0.05) is 18.9 Å². The van der Waals surface area contributed by atoms with E-state index < -0.39 is 4.92 Å². The second-order valence-electron chi connectivity index (χ2n) is 6.39. The van der Waals surface area contributed by atoms with E-state index in [2.05, 4.69) is 16.8 Å². The molecule has 0 saturated carbocycles. The Morgan fingerprint density at radius 1 is 1.46 bits per heavy atom. The van der Waals surface area contributed by atoms with Crippen molar-refractivity contribution in [2.45, 2.75) is 31.8 Å². The van der Waals surface area contributed by atoms with Gasteiger partial charge in [-0.25, -0.2) is 0 Å². The summed E-state index contributed by atoms with van der Waals surface area (Å²) in [6.07, 6.45) is 2.17. The van der Waals surface area contributed by atoms with Crippen molar-refractivity contribution in [1.29, 1.82) is 0 Å². The summed E-state index contributed by atoms with van der Waals surface area (Å²) >= 11 is 1.73. The van der Waals surface area contributed by atoms with Gasteiger partial charge in [-0.05, 0) is 24.4 Å². The third-order valence-electron chi connectivity index (χ3n) is 4.90. The van der Waals surface area contributed by atoms with Gasteiger partial charge in [0.25, 0.3) is 11.6 Å². The average Bonchev–Trinajstić information content (AvgIpc) is 3.32. The largest absolute Gasteiger partial charge is 0.494 e. The Morgan fingerprint density at radius 2 is 2.27 bits per heavy atom. The van der Waals surface area contributed by atoms with E-state index in [4.69, 9.17) is 4.74 Å². The number of likely N-dealkylation sites (tertiary alicyclic amines) is 1. The minimum atomic E-state index is -0.489. The van der Waals surface area contributed by atoms with E-state index in [1.807, 2.05) is 13.0 Å². The number of quaternary nitrogens is 1. The number of nitro groups is 1. The first-order valence-corrected chi connectivity index (χ1v) is 9.41. The zero-order valence-electron chi connectivity index (χ0n) is 14.7. The zero-order valence-corrected chi connectivity index (χ0v) is 15.5. The van der Waals surface area contributed by atoms with Crippen molar-refractivity contribution >= 4 is 28.6 Å². The molecule has 0 bridgehead atoms. The molecule has 138 valence electrons. The van der Waals surface area contributed by atoms with Crippen molar-refractivity contribution in [1.82, 2.24) is 0 Å². The summed E-state index contributed by atoms with van der Waals surface area (Å²) < 4.78 is 5.20. The number of methoxy groups -OCH3 is 1. The van der Waals surface area contributed by atoms with Crippen molar-refractivity contribution in [2.75, 3.05) is 19.0 Å². The van der Waals surface area contributed by atoms with Crippen LogP contribution in [0, 0.1) is 10.1 Å². The van der Waals surface area contributed by atoms with Crippen LogP contribution < -0.4 is 15.0 Å². The van der Waals surface area contributed by atoms with E-state index in [-0.39, 0.29) is 23.4 Å². The minimum Gasteiger partial charge on any atom is -0.494 e. The molecule has 26 heavy (non-hydrogen) atoms. The highest BCUT2D eigenvalue weighted by Crippen LogP contribution is 2.29. The lowest BCUT2D eigenvalue weighted by molar-refractivity contribution is -0.931. The summed E-state index contributed by atoms with van der Waals surface area (Å²) in [4.78, 5) is 25.8. The molecule has 0 aliphatic carbocycles. The molecule has 1 amide bonds. The summed E-state index contributed by atoms with van der Waals surface area (Å²) in [7, 11) is 1.43. The molecule has 3 rings (SSSR count). The van der Waals surface area contributed by atoms with Gasteiger partial charge in [-0.2, -0.15) is 0 Å². The molecule has 2 N–H and O–H groups in total. The van der Waals surface area contributed by atoms with Gasteiger partial charge in [0.15, 0.2) is 6.04 Å². The first-order valence-electron chi connectivity index (χ1n) is 8.53. The van der Waals surface area contributed by atoms with Crippen molar-refractivity contribution in [3.63, 3.8) is 0 Å². The first kappa shape index (κ1) is 18.3. The highest BCUT2D eigenvalue weighted by Gasteiger charge is 2.37. The topological polar surface area (TPSA) is 85.9 Å². The van der Waals surface area contributed by atoms with E-state index in [9.17, 15) is 14.9 Å². The summed E-state index contributed by atoms with van der Waals surface area (Å²) in [5.74, 6) is 0.168. The van der Waals surface area contributed by atoms with E-state index in [0.717, 1.165) is 19.4 Å². The number of non-ortho nitro benzene ring substituents is 1. The molecule has 1 saturated heterocycles. The molecule has 8 heteroatoms. The molecule has 7 nitrogen and oxygen atoms in total. The summed E-state index contributed by atoms with van der Waals surface area (Å²) in [5.41, 5.74) is 0.372. The number of ether oxygens (including phenoxy) is 1. The predicted molar refractivity (Wildman–Crippen MR) is 99.9 cm³/mol. The average molecular weight is 376 g/mol. The Bertz CT molecular complexity index is 794. The molecule has 1 fully saturated rings. The lowest BCUT2D eigenvalue weighted by Gasteiger charge is -2.26. The Hall–Kier alpha value is -2.45. The van der Waals surface area contributed by atoms with Gasteiger partial charge < -0.3 is 15.0 Å². The van der Waals surface area contributed by atoms with Crippen LogP contribution in [0.5, 0.6) is 5.75 Å². The van der Waals surface area contributed by atoms with E-state index in [1.165, 1.54) is 35.1 Å². The van der Waals surface area contributed by atoms with E-state index in [1.54, 1.807) is 11.3 Å². The van der Waals surface area contributed by atoms with Crippen LogP contribution in [0.2, 0.25) is 0 Å². The molecular formula is C18H22N3O4S+. The number of rotatable bonds is 6. The summed E-state index contributed by atoms with van der Waals surface area (Å²) in [6, 6.07) is 8.47. The van der Waals surface area contributed by atoms with E-state index >= 15 is 0 Å². The molecule has 2 aromatic rings. The molecule has 1 aromatic carbocycles. The molecule has 2 heterocycles. The van der Waals surface area contributed by atoms with Crippen LogP contribution in [-0.4, -0.2) is 30.5 Å². The van der Waals surface area contributed by atoms with Gasteiger partial charge in [-0.1, -0.05) is 6.07 Å². The number of nitro benzene ring substituents is 1. The molecule has 3 atom stereocenters. The molecule has 1 aliphatic heterocycles. The quantitative estimate of drug-likeness (QED) is 0.599. The second-order valence-corrected chi connectivity index (χ2v) is 7.37. The Labute approximate surface area is 155 Å². The third-order valence-corrected chi connectivity index (χ3v) is 5.88. The fourth-order valence-electron chi connectivity index (χ4n) is 3.51. The van der Waals surface area contributed by atoms with Gasteiger partial charge in [-0.15, -0.1) is 11.3 Å². The normalized spacial score (nSPS) is 20.5. The maximum Gasteiger partial charge on any atom is 0.282 e. The third kappa shape index (κ3) is 3.71. The summed E-state index contributed by atoms with van der Waals surface area (Å²) in [6.45, 7) is 2.88. The number of anilines is 1. The summed E-state index contributed by atoms with van der Waals surface area (Å²) in [5, 5.41) is 15.8. The van der Waals surface area contributed by atoms with Crippen molar-refractivity contribution < 1.29 is 19.4 Å². The number of amides is 1. The number of hydrogen-bond donors (Lipinski definition) is 2. The Morgan fingerprint density at radius 3 is 2.92 bits per heavy atom. The van der Waals surface area contributed by atoms with Crippen molar-refractivity contribution in [3.05, 3.63) is 50.7 Å². The van der Waals surface area contributed by atoms with Crippen LogP contribution in [0.25, 0.3) is 0 Å². The van der Waals surface area contributed by atoms with Gasteiger partial charge in [-0.3, -0.25) is 14.9 Å². The Kier molecular flexibility index (Phi) is 5.53. The number of carbonyl (C=O) groups excluding carboxylic acids is 1. The monoisotopic (exact) mass is 376 g/mol. The van der Waals surface area contributed by atoms with Crippen LogP contribution in [-0.2, 0) is 4.79 Å². The van der Waals surface area contributed by atoms with Gasteiger partial charge in [0.2, 0.25) is 0 Å². The molecular weight excluding hydrogens is 354 g/mol. The zero-order chi connectivity index (χ0) is 18.7. The van der Waals surface area contributed by atoms with Gasteiger partial charge >= 0.3 is 0 Å². The standard InChI is InChI=1S/C18H21N3O4S/c1-12(20-9-3-5-15(20)17-6-4-10-26-17)18(22)19-14-8-7-13(21(23)24)11-16(14)25-2/h4,6-8,10-12,15H,3,5,9H2,1-2H3,(H,19,22)/p+1/t12-,15-/m1/s1. The molecule has 1 unspecified atom stereocenters. The van der Waals surface area contributed by atoms with E-state index in [0.29, 0.717) is 11.7 Å². The van der Waals surface area contributed by atoms with Crippen LogP contribution in [0.15, 0.2) is 35.7 Å². The molecule has 0 radical (unpaired) electrons. The highest BCUT2D eigenvalue weighted by molar-refractivity contribution is 7.10. The maximum absolute atomic E-state index is 12.8. The number of benzene rings is 1. The van der Waals surface area contributed by atoms with Crippen molar-refractivity contribution in [3.8, 4) is 5.75 Å². The minimum absolute atomic E-state index is 0.0733. The predicted octanol–water partition coefficient (Wildman–Crippen LogP) is 2.41. The molecule has 1 aromatic heterocycles. The van der Waals surface area contributed by atoms with Crippen LogP contribution in [0.3, 0.4) is 0 Å². The molecule has 1 aliphatic rings. The molecule has 0 spiro atoms. The fraction of sp³-hybridized carbons (Fsp3) is 0.389. The lowest BCUT2D eigenvalue weighted by Crippen LogP contribution is -3.15. The number of hydrogen-bond acceptors (Lipinski definition) is 5. The van der Waals surface area contributed by atoms with Gasteiger partial charge in [0.05, 0.1) is 35.2 Å². The van der Waals surface area contributed by atoms with Gasteiger partial charge in [0.1, 0.15) is 11.8 Å². The number of carbonyl (C=O) groups is 1. The van der Waals surface area contributed by atoms with Crippen LogP contribution in [0.1, 0.15) is 30.7 Å². The van der Waals surface area contributed by atoms with Crippen molar-refractivity contribution in [2.24, 2.45) is 0 Å². The number of thiophene rings is 1. The van der Waals surface area contributed by atoms with Crippen LogP contribution >= 0.6 is 11.3 Å². The highest BCUT2D eigenvalue weighted by atomic mass is 32.1.